The highest BCUT2D eigenvalue weighted by atomic mass is 35.5. The van der Waals surface area contributed by atoms with E-state index in [9.17, 15) is 4.79 Å². The van der Waals surface area contributed by atoms with E-state index in [0.717, 1.165) is 61.7 Å². The van der Waals surface area contributed by atoms with Crippen LogP contribution in [-0.4, -0.2) is 65.6 Å². The topological polar surface area (TPSA) is 60.4 Å². The molecule has 0 radical (unpaired) electrons. The summed E-state index contributed by atoms with van der Waals surface area (Å²) in [5.41, 5.74) is 0. The first-order chi connectivity index (χ1) is 14.1. The van der Waals surface area contributed by atoms with Gasteiger partial charge in [0.15, 0.2) is 5.82 Å². The van der Waals surface area contributed by atoms with Crippen LogP contribution in [0, 0.1) is 11.8 Å². The number of hydrogen-bond acceptors (Lipinski definition) is 6. The van der Waals surface area contributed by atoms with Crippen LogP contribution in [0.2, 0.25) is 4.34 Å². The highest BCUT2D eigenvalue weighted by Gasteiger charge is 2.40. The van der Waals surface area contributed by atoms with Crippen LogP contribution in [0.5, 0.6) is 0 Å². The molecule has 29 heavy (non-hydrogen) atoms. The van der Waals surface area contributed by atoms with Gasteiger partial charge in [0.1, 0.15) is 12.5 Å². The fourth-order valence-corrected chi connectivity index (χ4v) is 5.83. The maximum Gasteiger partial charge on any atom is 0.329 e. The summed E-state index contributed by atoms with van der Waals surface area (Å²) in [6.07, 6.45) is 4.05. The molecule has 2 unspecified atom stereocenters. The van der Waals surface area contributed by atoms with Gasteiger partial charge in [0.05, 0.1) is 4.34 Å². The molecule has 0 aliphatic carbocycles. The molecule has 0 aromatic carbocycles. The number of aliphatic imine (C=N–C) groups is 1. The van der Waals surface area contributed by atoms with Gasteiger partial charge in [0, 0.05) is 55.9 Å². The quantitative estimate of drug-likeness (QED) is 0.789. The predicted octanol–water partition coefficient (Wildman–Crippen LogP) is 3.14. The molecule has 0 bridgehead atoms. The Morgan fingerprint density at radius 1 is 1.31 bits per heavy atom. The number of nitrogens with zero attached hydrogens (tertiary/aromatic N) is 4. The lowest BCUT2D eigenvalue weighted by molar-refractivity contribution is 0.0459. The first-order valence-corrected chi connectivity index (χ1v) is 11.5. The molecule has 2 amide bonds. The van der Waals surface area contributed by atoms with Crippen LogP contribution < -0.4 is 5.32 Å². The van der Waals surface area contributed by atoms with Gasteiger partial charge in [-0.25, -0.2) is 9.79 Å². The number of fused-ring (bicyclic) bond motifs is 1. The molecule has 0 spiro atoms. The lowest BCUT2D eigenvalue weighted by Gasteiger charge is -2.32. The largest absolute Gasteiger partial charge is 0.381 e. The zero-order valence-corrected chi connectivity index (χ0v) is 18.1. The van der Waals surface area contributed by atoms with Gasteiger partial charge >= 0.3 is 6.03 Å². The Labute approximate surface area is 180 Å². The number of halogens is 1. The minimum Gasteiger partial charge on any atom is -0.381 e. The number of carbonyl (C=O) groups is 1. The predicted molar refractivity (Wildman–Crippen MR) is 114 cm³/mol. The highest BCUT2D eigenvalue weighted by Crippen LogP contribution is 2.31. The number of amidine groups is 1. The SMILES string of the molecule is CC1CN(Cc2ccc(Cl)s2)CC1C1=NC2=CN(C3CCOCC3)CN2C(=O)N1. The van der Waals surface area contributed by atoms with Crippen LogP contribution in [0.3, 0.4) is 0 Å². The van der Waals surface area contributed by atoms with E-state index in [4.69, 9.17) is 21.3 Å². The Kier molecular flexibility index (Phi) is 5.28. The number of urea groups is 1. The van der Waals surface area contributed by atoms with Crippen molar-refractivity contribution < 1.29 is 9.53 Å². The summed E-state index contributed by atoms with van der Waals surface area (Å²) in [4.78, 5) is 25.3. The smallest absolute Gasteiger partial charge is 0.329 e. The second-order valence-corrected chi connectivity index (χ2v) is 10.1. The number of hydrogen-bond donors (Lipinski definition) is 1. The molecular formula is C20H26ClN5O2S. The van der Waals surface area contributed by atoms with E-state index in [2.05, 4.69) is 34.3 Å². The molecule has 1 aromatic rings. The standard InChI is InChI=1S/C20H26ClN5O2S/c1-13-8-24(9-15-2-3-17(21)29-15)10-16(13)19-22-18-11-25(12-26(18)20(27)23-19)14-4-6-28-7-5-14/h2-3,11,13-14,16H,4-10,12H2,1H3,(H,22,23,27). The molecule has 1 N–H and O–H groups in total. The minimum atomic E-state index is -0.0634. The number of rotatable bonds is 4. The molecule has 5 heterocycles. The van der Waals surface area contributed by atoms with E-state index in [1.165, 1.54) is 4.88 Å². The summed E-state index contributed by atoms with van der Waals surface area (Å²) in [6.45, 7) is 7.18. The maximum absolute atomic E-state index is 12.8. The number of thiophene rings is 1. The van der Waals surface area contributed by atoms with E-state index in [1.54, 1.807) is 16.2 Å². The minimum absolute atomic E-state index is 0.0634. The lowest BCUT2D eigenvalue weighted by Crippen LogP contribution is -2.50. The van der Waals surface area contributed by atoms with E-state index in [1.807, 2.05) is 6.07 Å². The van der Waals surface area contributed by atoms with Crippen molar-refractivity contribution in [3.8, 4) is 0 Å². The number of nitrogens with one attached hydrogen (secondary N) is 1. The number of likely N-dealkylation sites (tertiary alicyclic amines) is 1. The molecule has 5 rings (SSSR count). The van der Waals surface area contributed by atoms with Gasteiger partial charge in [-0.2, -0.15) is 0 Å². The van der Waals surface area contributed by atoms with Crippen LogP contribution in [-0.2, 0) is 11.3 Å². The van der Waals surface area contributed by atoms with Crippen LogP contribution in [0.4, 0.5) is 4.79 Å². The van der Waals surface area contributed by atoms with Crippen molar-refractivity contribution in [3.05, 3.63) is 33.4 Å². The lowest BCUT2D eigenvalue weighted by atomic mass is 9.96. The average molecular weight is 436 g/mol. The maximum atomic E-state index is 12.8. The zero-order valence-electron chi connectivity index (χ0n) is 16.5. The monoisotopic (exact) mass is 435 g/mol. The van der Waals surface area contributed by atoms with Crippen molar-refractivity contribution in [2.45, 2.75) is 32.4 Å². The Morgan fingerprint density at radius 2 is 2.14 bits per heavy atom. The van der Waals surface area contributed by atoms with E-state index in [0.29, 0.717) is 18.6 Å². The third kappa shape index (κ3) is 3.91. The third-order valence-corrected chi connectivity index (χ3v) is 7.50. The summed E-state index contributed by atoms with van der Waals surface area (Å²) in [5.74, 6) is 2.25. The van der Waals surface area contributed by atoms with Gasteiger partial charge in [0.2, 0.25) is 0 Å². The van der Waals surface area contributed by atoms with Crippen molar-refractivity contribution in [3.63, 3.8) is 0 Å². The van der Waals surface area contributed by atoms with Gasteiger partial charge in [-0.05, 0) is 30.9 Å². The second kappa shape index (κ2) is 7.91. The summed E-state index contributed by atoms with van der Waals surface area (Å²) < 4.78 is 6.30. The molecule has 2 saturated heterocycles. The molecule has 4 aliphatic rings. The summed E-state index contributed by atoms with van der Waals surface area (Å²) >= 11 is 7.70. The molecule has 4 aliphatic heterocycles. The Hall–Kier alpha value is -1.61. The molecule has 156 valence electrons. The average Bonchev–Trinajstić information content (AvgIpc) is 3.41. The molecule has 0 saturated carbocycles. The molecule has 1 aromatic heterocycles. The first-order valence-electron chi connectivity index (χ1n) is 10.3. The van der Waals surface area contributed by atoms with Crippen molar-refractivity contribution in [2.75, 3.05) is 33.0 Å². The molecular weight excluding hydrogens is 410 g/mol. The van der Waals surface area contributed by atoms with Crippen LogP contribution >= 0.6 is 22.9 Å². The van der Waals surface area contributed by atoms with Gasteiger partial charge in [-0.3, -0.25) is 15.1 Å². The van der Waals surface area contributed by atoms with E-state index in [-0.39, 0.29) is 11.9 Å². The van der Waals surface area contributed by atoms with Crippen LogP contribution in [0.25, 0.3) is 0 Å². The van der Waals surface area contributed by atoms with Crippen molar-refractivity contribution in [1.82, 2.24) is 20.0 Å². The Balaban J connectivity index is 1.29. The van der Waals surface area contributed by atoms with Crippen molar-refractivity contribution in [2.24, 2.45) is 16.8 Å². The first kappa shape index (κ1) is 19.4. The van der Waals surface area contributed by atoms with Gasteiger partial charge in [0.25, 0.3) is 0 Å². The highest BCUT2D eigenvalue weighted by molar-refractivity contribution is 7.16. The molecule has 7 nitrogen and oxygen atoms in total. The second-order valence-electron chi connectivity index (χ2n) is 8.33. The van der Waals surface area contributed by atoms with Gasteiger partial charge in [-0.1, -0.05) is 18.5 Å². The van der Waals surface area contributed by atoms with Crippen molar-refractivity contribution in [1.29, 1.82) is 0 Å². The van der Waals surface area contributed by atoms with Crippen molar-refractivity contribution >= 4 is 34.8 Å². The van der Waals surface area contributed by atoms with Crippen LogP contribution in [0.1, 0.15) is 24.6 Å². The van der Waals surface area contributed by atoms with Crippen LogP contribution in [0.15, 0.2) is 29.1 Å². The van der Waals surface area contributed by atoms with E-state index >= 15 is 0 Å². The third-order valence-electron chi connectivity index (χ3n) is 6.29. The fraction of sp³-hybridized carbons (Fsp3) is 0.600. The fourth-order valence-electron chi connectivity index (χ4n) is 4.70. The van der Waals surface area contributed by atoms with E-state index < -0.39 is 0 Å². The zero-order chi connectivity index (χ0) is 20.0. The Morgan fingerprint density at radius 3 is 2.90 bits per heavy atom. The number of ether oxygens (including phenoxy) is 1. The van der Waals surface area contributed by atoms with Gasteiger partial charge < -0.3 is 9.64 Å². The summed E-state index contributed by atoms with van der Waals surface area (Å²) in [5, 5.41) is 3.07. The molecule has 2 fully saturated rings. The molecule has 9 heteroatoms. The normalized spacial score (nSPS) is 28.4. The summed E-state index contributed by atoms with van der Waals surface area (Å²) in [7, 11) is 0. The number of amides is 2. The number of carbonyl (C=O) groups excluding carboxylic acids is 1. The molecule has 2 atom stereocenters. The Bertz CT molecular complexity index is 850. The van der Waals surface area contributed by atoms with Gasteiger partial charge in [-0.15, -0.1) is 11.3 Å². The summed E-state index contributed by atoms with van der Waals surface area (Å²) in [6, 6.07) is 4.41.